The summed E-state index contributed by atoms with van der Waals surface area (Å²) in [6.45, 7) is 8.95. The van der Waals surface area contributed by atoms with E-state index in [2.05, 4.69) is 13.8 Å². The molecule has 0 aliphatic carbocycles. The molecule has 3 nitrogen and oxygen atoms in total. The molecule has 2 rings (SSSR count). The van der Waals surface area contributed by atoms with Gasteiger partial charge in [-0.15, -0.1) is 0 Å². The third kappa shape index (κ3) is 3.02. The fourth-order valence-corrected chi connectivity index (χ4v) is 3.18. The number of rotatable bonds is 6. The first-order chi connectivity index (χ1) is 9.99. The minimum absolute atomic E-state index is 0.345. The van der Waals surface area contributed by atoms with Crippen LogP contribution in [0.4, 0.5) is 5.69 Å². The molecule has 1 aliphatic rings. The van der Waals surface area contributed by atoms with Crippen LogP contribution in [0.5, 0.6) is 0 Å². The second-order valence-corrected chi connectivity index (χ2v) is 6.14. The second-order valence-electron chi connectivity index (χ2n) is 6.14. The number of Topliss-reactive ketones (excluding diaryl/α,β-unsaturated/α-hetero) is 1. The van der Waals surface area contributed by atoms with Crippen LogP contribution in [-0.4, -0.2) is 18.2 Å². The van der Waals surface area contributed by atoms with Gasteiger partial charge in [-0.2, -0.15) is 0 Å². The molecule has 114 valence electrons. The number of ketones is 1. The fourth-order valence-electron chi connectivity index (χ4n) is 3.18. The zero-order chi connectivity index (χ0) is 15.6. The normalized spacial score (nSPS) is 15.5. The van der Waals surface area contributed by atoms with Crippen molar-refractivity contribution in [3.63, 3.8) is 0 Å². The number of hydrogen-bond donors (Lipinski definition) is 0. The Morgan fingerprint density at radius 3 is 2.48 bits per heavy atom. The predicted molar refractivity (Wildman–Crippen MR) is 85.9 cm³/mol. The van der Waals surface area contributed by atoms with E-state index in [0.717, 1.165) is 36.1 Å². The number of anilines is 1. The standard InChI is InChI=1S/C18H25NO2/c1-5-7-8-14(6-2)11-19-16-13(4)9-12(3)10-15(16)17(20)18(19)21/h9-10,14H,5-8,11H2,1-4H3. The van der Waals surface area contributed by atoms with Crippen molar-refractivity contribution < 1.29 is 9.59 Å². The maximum atomic E-state index is 12.3. The van der Waals surface area contributed by atoms with Crippen LogP contribution < -0.4 is 4.90 Å². The van der Waals surface area contributed by atoms with Crippen LogP contribution in [0.3, 0.4) is 0 Å². The van der Waals surface area contributed by atoms with Crippen LogP contribution in [0.1, 0.15) is 61.0 Å². The summed E-state index contributed by atoms with van der Waals surface area (Å²) in [5.41, 5.74) is 3.48. The molecular formula is C18H25NO2. The topological polar surface area (TPSA) is 37.4 Å². The number of fused-ring (bicyclic) bond motifs is 1. The molecule has 1 atom stereocenters. The van der Waals surface area contributed by atoms with E-state index in [1.54, 1.807) is 4.90 Å². The summed E-state index contributed by atoms with van der Waals surface area (Å²) in [6.07, 6.45) is 4.50. The highest BCUT2D eigenvalue weighted by molar-refractivity contribution is 6.52. The van der Waals surface area contributed by atoms with Crippen molar-refractivity contribution in [3.05, 3.63) is 28.8 Å². The summed E-state index contributed by atoms with van der Waals surface area (Å²) in [6, 6.07) is 3.89. The molecule has 1 aromatic rings. The van der Waals surface area contributed by atoms with Gasteiger partial charge in [-0.1, -0.05) is 39.2 Å². The molecule has 0 spiro atoms. The SMILES string of the molecule is CCCCC(CC)CN1C(=O)C(=O)c2cc(C)cc(C)c21. The zero-order valence-corrected chi connectivity index (χ0v) is 13.5. The highest BCUT2D eigenvalue weighted by atomic mass is 16.2. The Bertz CT molecular complexity index is 563. The van der Waals surface area contributed by atoms with E-state index < -0.39 is 0 Å². The highest BCUT2D eigenvalue weighted by Crippen LogP contribution is 2.34. The molecule has 1 aliphatic heterocycles. The maximum absolute atomic E-state index is 12.3. The molecule has 1 aromatic carbocycles. The minimum atomic E-state index is -0.353. The molecule has 1 amide bonds. The summed E-state index contributed by atoms with van der Waals surface area (Å²) in [5, 5.41) is 0. The van der Waals surface area contributed by atoms with Crippen molar-refractivity contribution in [2.24, 2.45) is 5.92 Å². The highest BCUT2D eigenvalue weighted by Gasteiger charge is 2.37. The number of aryl methyl sites for hydroxylation is 2. The lowest BCUT2D eigenvalue weighted by Crippen LogP contribution is -2.34. The Morgan fingerprint density at radius 1 is 1.14 bits per heavy atom. The number of hydrogen-bond acceptors (Lipinski definition) is 2. The van der Waals surface area contributed by atoms with Gasteiger partial charge >= 0.3 is 0 Å². The van der Waals surface area contributed by atoms with Crippen LogP contribution in [0.2, 0.25) is 0 Å². The number of nitrogens with zero attached hydrogens (tertiary/aromatic N) is 1. The summed E-state index contributed by atoms with van der Waals surface area (Å²) in [5.74, 6) is -0.232. The van der Waals surface area contributed by atoms with E-state index in [1.807, 2.05) is 26.0 Å². The van der Waals surface area contributed by atoms with Crippen molar-refractivity contribution in [1.29, 1.82) is 0 Å². The summed E-state index contributed by atoms with van der Waals surface area (Å²) >= 11 is 0. The molecule has 1 unspecified atom stereocenters. The molecule has 1 heterocycles. The third-order valence-electron chi connectivity index (χ3n) is 4.38. The Balaban J connectivity index is 2.30. The molecule has 0 saturated carbocycles. The number of benzene rings is 1. The number of carbonyl (C=O) groups excluding carboxylic acids is 2. The molecule has 3 heteroatoms. The molecule has 0 fully saturated rings. The maximum Gasteiger partial charge on any atom is 0.299 e. The fraction of sp³-hybridized carbons (Fsp3) is 0.556. The first-order valence-corrected chi connectivity index (χ1v) is 7.97. The first-order valence-electron chi connectivity index (χ1n) is 7.97. The van der Waals surface area contributed by atoms with E-state index in [0.29, 0.717) is 18.0 Å². The lowest BCUT2D eigenvalue weighted by Gasteiger charge is -2.24. The van der Waals surface area contributed by atoms with E-state index in [-0.39, 0.29) is 11.7 Å². The average molecular weight is 287 g/mol. The Labute approximate surface area is 127 Å². The quantitative estimate of drug-likeness (QED) is 0.740. The molecule has 0 N–H and O–H groups in total. The van der Waals surface area contributed by atoms with Crippen molar-refractivity contribution in [2.45, 2.75) is 53.4 Å². The zero-order valence-electron chi connectivity index (χ0n) is 13.5. The van der Waals surface area contributed by atoms with Gasteiger partial charge in [-0.25, -0.2) is 0 Å². The van der Waals surface area contributed by atoms with Crippen LogP contribution in [-0.2, 0) is 4.79 Å². The second kappa shape index (κ2) is 6.42. The van der Waals surface area contributed by atoms with Gasteiger partial charge in [-0.05, 0) is 43.4 Å². The van der Waals surface area contributed by atoms with Gasteiger partial charge in [0.05, 0.1) is 11.3 Å². The monoisotopic (exact) mass is 287 g/mol. The Hall–Kier alpha value is -1.64. The Morgan fingerprint density at radius 2 is 1.86 bits per heavy atom. The van der Waals surface area contributed by atoms with Crippen LogP contribution >= 0.6 is 0 Å². The summed E-state index contributed by atoms with van der Waals surface area (Å²) in [7, 11) is 0. The smallest absolute Gasteiger partial charge is 0.299 e. The predicted octanol–water partition coefficient (Wildman–Crippen LogP) is 4.05. The Kier molecular flexibility index (Phi) is 4.81. The van der Waals surface area contributed by atoms with E-state index in [4.69, 9.17) is 0 Å². The summed E-state index contributed by atoms with van der Waals surface area (Å²) in [4.78, 5) is 26.2. The lowest BCUT2D eigenvalue weighted by atomic mass is 9.98. The first kappa shape index (κ1) is 15.7. The molecular weight excluding hydrogens is 262 g/mol. The minimum Gasteiger partial charge on any atom is -0.304 e. The van der Waals surface area contributed by atoms with Gasteiger partial charge in [0.2, 0.25) is 0 Å². The van der Waals surface area contributed by atoms with Gasteiger partial charge in [0.1, 0.15) is 0 Å². The number of amides is 1. The number of unbranched alkanes of at least 4 members (excludes halogenated alkanes) is 1. The van der Waals surface area contributed by atoms with E-state index in [9.17, 15) is 9.59 Å². The summed E-state index contributed by atoms with van der Waals surface area (Å²) < 4.78 is 0. The van der Waals surface area contributed by atoms with Crippen LogP contribution in [0, 0.1) is 19.8 Å². The van der Waals surface area contributed by atoms with Crippen LogP contribution in [0.25, 0.3) is 0 Å². The van der Waals surface area contributed by atoms with Gasteiger partial charge in [0.15, 0.2) is 0 Å². The van der Waals surface area contributed by atoms with Gasteiger partial charge in [0, 0.05) is 6.54 Å². The van der Waals surface area contributed by atoms with Gasteiger partial charge in [0.25, 0.3) is 11.7 Å². The van der Waals surface area contributed by atoms with Crippen molar-refractivity contribution in [1.82, 2.24) is 0 Å². The van der Waals surface area contributed by atoms with Gasteiger partial charge < -0.3 is 4.90 Å². The average Bonchev–Trinajstić information content (AvgIpc) is 2.68. The number of carbonyl (C=O) groups is 2. The largest absolute Gasteiger partial charge is 0.304 e. The van der Waals surface area contributed by atoms with Gasteiger partial charge in [-0.3, -0.25) is 9.59 Å². The van der Waals surface area contributed by atoms with Crippen molar-refractivity contribution in [3.8, 4) is 0 Å². The van der Waals surface area contributed by atoms with E-state index in [1.165, 1.54) is 6.42 Å². The lowest BCUT2D eigenvalue weighted by molar-refractivity contribution is -0.114. The molecule has 0 radical (unpaired) electrons. The molecule has 0 saturated heterocycles. The van der Waals surface area contributed by atoms with Crippen molar-refractivity contribution >= 4 is 17.4 Å². The van der Waals surface area contributed by atoms with Crippen molar-refractivity contribution in [2.75, 3.05) is 11.4 Å². The molecule has 0 aromatic heterocycles. The van der Waals surface area contributed by atoms with E-state index >= 15 is 0 Å². The van der Waals surface area contributed by atoms with Crippen LogP contribution in [0.15, 0.2) is 12.1 Å². The molecule has 21 heavy (non-hydrogen) atoms. The molecule has 0 bridgehead atoms. The third-order valence-corrected chi connectivity index (χ3v) is 4.38.